The summed E-state index contributed by atoms with van der Waals surface area (Å²) in [6, 6.07) is 0. The summed E-state index contributed by atoms with van der Waals surface area (Å²) in [5.74, 6) is -1.47. The van der Waals surface area contributed by atoms with Crippen molar-refractivity contribution in [1.82, 2.24) is 0 Å². The van der Waals surface area contributed by atoms with Crippen molar-refractivity contribution in [2.45, 2.75) is 71.2 Å². The van der Waals surface area contributed by atoms with Crippen LogP contribution in [0.4, 0.5) is 0 Å². The van der Waals surface area contributed by atoms with E-state index >= 15 is 0 Å². The van der Waals surface area contributed by atoms with Crippen LogP contribution < -0.4 is 0 Å². The largest absolute Gasteiger partial charge is 0.458 e. The summed E-state index contributed by atoms with van der Waals surface area (Å²) in [6.07, 6.45) is 3.90. The van der Waals surface area contributed by atoms with Gasteiger partial charge in [0.25, 0.3) is 0 Å². The topological polar surface area (TPSA) is 72.8 Å². The molecule has 5 heteroatoms. The third-order valence-corrected chi connectivity index (χ3v) is 6.52. The molecular weight excluding hydrogens is 320 g/mol. The molecule has 0 aromatic rings. The number of fused-ring (bicyclic) bond motifs is 2. The SMILES string of the molecule is C=C1C(=O)OC2CC3(C)CCCC(C)(O)C3C(OC(=O)C(C)=CC)C12. The van der Waals surface area contributed by atoms with Crippen molar-refractivity contribution in [2.24, 2.45) is 17.3 Å². The average molecular weight is 348 g/mol. The summed E-state index contributed by atoms with van der Waals surface area (Å²) in [6.45, 7) is 11.3. The molecule has 0 bridgehead atoms. The molecule has 2 aliphatic carbocycles. The maximum absolute atomic E-state index is 12.5. The van der Waals surface area contributed by atoms with E-state index < -0.39 is 23.6 Å². The van der Waals surface area contributed by atoms with Gasteiger partial charge in [0.1, 0.15) is 12.2 Å². The second-order valence-corrected chi connectivity index (χ2v) is 8.38. The molecule has 6 unspecified atom stereocenters. The lowest BCUT2D eigenvalue weighted by molar-refractivity contribution is -0.208. The molecule has 0 radical (unpaired) electrons. The van der Waals surface area contributed by atoms with Crippen molar-refractivity contribution in [1.29, 1.82) is 0 Å². The Morgan fingerprint density at radius 3 is 2.72 bits per heavy atom. The molecule has 1 aliphatic heterocycles. The Morgan fingerprint density at radius 2 is 2.08 bits per heavy atom. The van der Waals surface area contributed by atoms with E-state index in [1.54, 1.807) is 19.9 Å². The number of carbonyl (C=O) groups excluding carboxylic acids is 2. The van der Waals surface area contributed by atoms with Crippen LogP contribution >= 0.6 is 0 Å². The van der Waals surface area contributed by atoms with Gasteiger partial charge in [0.15, 0.2) is 0 Å². The van der Waals surface area contributed by atoms with Crippen LogP contribution in [0.1, 0.15) is 53.4 Å². The molecule has 0 aromatic carbocycles. The van der Waals surface area contributed by atoms with E-state index in [1.165, 1.54) is 0 Å². The van der Waals surface area contributed by atoms with E-state index in [0.29, 0.717) is 24.0 Å². The van der Waals surface area contributed by atoms with Crippen LogP contribution in [0.2, 0.25) is 0 Å². The number of allylic oxidation sites excluding steroid dienone is 1. The molecule has 138 valence electrons. The van der Waals surface area contributed by atoms with Gasteiger partial charge >= 0.3 is 11.9 Å². The fourth-order valence-corrected chi connectivity index (χ4v) is 5.26. The highest BCUT2D eigenvalue weighted by molar-refractivity contribution is 5.91. The quantitative estimate of drug-likeness (QED) is 0.613. The number of aliphatic hydroxyl groups is 1. The molecule has 2 saturated carbocycles. The Bertz CT molecular complexity index is 646. The van der Waals surface area contributed by atoms with Crippen molar-refractivity contribution in [3.63, 3.8) is 0 Å². The Balaban J connectivity index is 2.04. The monoisotopic (exact) mass is 348 g/mol. The average Bonchev–Trinajstić information content (AvgIpc) is 2.78. The number of esters is 2. The lowest BCUT2D eigenvalue weighted by Crippen LogP contribution is -2.62. The Kier molecular flexibility index (Phi) is 4.34. The van der Waals surface area contributed by atoms with Crippen LogP contribution in [-0.2, 0) is 19.1 Å². The molecule has 1 heterocycles. The van der Waals surface area contributed by atoms with E-state index in [0.717, 1.165) is 12.8 Å². The van der Waals surface area contributed by atoms with Crippen LogP contribution in [0.15, 0.2) is 23.8 Å². The number of hydrogen-bond donors (Lipinski definition) is 1. The first-order valence-electron chi connectivity index (χ1n) is 9.07. The van der Waals surface area contributed by atoms with Gasteiger partial charge in [-0.1, -0.05) is 26.0 Å². The Labute approximate surface area is 149 Å². The first-order chi connectivity index (χ1) is 11.6. The van der Waals surface area contributed by atoms with Gasteiger partial charge in [0, 0.05) is 17.1 Å². The summed E-state index contributed by atoms with van der Waals surface area (Å²) in [5.41, 5.74) is -0.346. The van der Waals surface area contributed by atoms with Crippen molar-refractivity contribution >= 4 is 11.9 Å². The van der Waals surface area contributed by atoms with Gasteiger partial charge in [0.05, 0.1) is 11.5 Å². The number of hydrogen-bond acceptors (Lipinski definition) is 5. The standard InChI is InChI=1S/C20H28O5/c1-6-11(2)17(21)25-15-14-12(3)18(22)24-13(14)10-19(4)8-7-9-20(5,23)16(15)19/h6,13-16,23H,3,7-10H2,1-2,4-5H3. The van der Waals surface area contributed by atoms with E-state index in [9.17, 15) is 14.7 Å². The van der Waals surface area contributed by atoms with Crippen LogP contribution in [0.5, 0.6) is 0 Å². The number of rotatable bonds is 2. The molecule has 0 amide bonds. The number of carbonyl (C=O) groups is 2. The first-order valence-corrected chi connectivity index (χ1v) is 9.07. The smallest absolute Gasteiger partial charge is 0.334 e. The predicted octanol–water partition coefficient (Wildman–Crippen LogP) is 2.92. The second kappa shape index (κ2) is 5.97. The van der Waals surface area contributed by atoms with Crippen LogP contribution in [0.3, 0.4) is 0 Å². The second-order valence-electron chi connectivity index (χ2n) is 8.38. The first kappa shape index (κ1) is 18.2. The summed E-state index contributed by atoms with van der Waals surface area (Å²) in [7, 11) is 0. The van der Waals surface area contributed by atoms with E-state index in [-0.39, 0.29) is 23.4 Å². The summed E-state index contributed by atoms with van der Waals surface area (Å²) < 4.78 is 11.4. The van der Waals surface area contributed by atoms with Crippen molar-refractivity contribution in [3.8, 4) is 0 Å². The highest BCUT2D eigenvalue weighted by Crippen LogP contribution is 2.59. The molecule has 1 saturated heterocycles. The van der Waals surface area contributed by atoms with Gasteiger partial charge in [-0.2, -0.15) is 0 Å². The van der Waals surface area contributed by atoms with Gasteiger partial charge in [0.2, 0.25) is 0 Å². The zero-order valence-electron chi connectivity index (χ0n) is 15.5. The summed E-state index contributed by atoms with van der Waals surface area (Å²) in [5, 5.41) is 11.1. The molecular formula is C20H28O5. The van der Waals surface area contributed by atoms with Gasteiger partial charge in [-0.15, -0.1) is 0 Å². The van der Waals surface area contributed by atoms with Crippen LogP contribution in [0.25, 0.3) is 0 Å². The molecule has 25 heavy (non-hydrogen) atoms. The maximum Gasteiger partial charge on any atom is 0.334 e. The fraction of sp³-hybridized carbons (Fsp3) is 0.700. The molecule has 3 aliphatic rings. The normalized spacial score (nSPS) is 44.0. The third kappa shape index (κ3) is 2.82. The van der Waals surface area contributed by atoms with Gasteiger partial charge < -0.3 is 14.6 Å². The molecule has 0 spiro atoms. The lowest BCUT2D eigenvalue weighted by atomic mass is 9.51. The van der Waals surface area contributed by atoms with E-state index in [1.807, 2.05) is 6.92 Å². The van der Waals surface area contributed by atoms with Gasteiger partial charge in [-0.3, -0.25) is 0 Å². The highest BCUT2D eigenvalue weighted by atomic mass is 16.6. The Hall–Kier alpha value is -1.62. The molecule has 1 N–H and O–H groups in total. The summed E-state index contributed by atoms with van der Waals surface area (Å²) in [4.78, 5) is 24.6. The Morgan fingerprint density at radius 1 is 1.40 bits per heavy atom. The van der Waals surface area contributed by atoms with Gasteiger partial charge in [-0.05, 0) is 45.4 Å². The van der Waals surface area contributed by atoms with Crippen LogP contribution in [0, 0.1) is 17.3 Å². The maximum atomic E-state index is 12.5. The minimum absolute atomic E-state index is 0.247. The van der Waals surface area contributed by atoms with Crippen molar-refractivity contribution < 1.29 is 24.2 Å². The van der Waals surface area contributed by atoms with Gasteiger partial charge in [-0.25, -0.2) is 9.59 Å². The molecule has 3 fully saturated rings. The van der Waals surface area contributed by atoms with Crippen molar-refractivity contribution in [2.75, 3.05) is 0 Å². The fourth-order valence-electron chi connectivity index (χ4n) is 5.26. The lowest BCUT2D eigenvalue weighted by Gasteiger charge is -2.57. The molecule has 0 aromatic heterocycles. The number of ether oxygens (including phenoxy) is 2. The predicted molar refractivity (Wildman–Crippen MR) is 92.5 cm³/mol. The molecule has 3 rings (SSSR count). The minimum atomic E-state index is -0.960. The van der Waals surface area contributed by atoms with Crippen molar-refractivity contribution in [3.05, 3.63) is 23.8 Å². The minimum Gasteiger partial charge on any atom is -0.458 e. The van der Waals surface area contributed by atoms with Crippen LogP contribution in [-0.4, -0.2) is 34.9 Å². The zero-order valence-corrected chi connectivity index (χ0v) is 15.5. The molecule has 6 atom stereocenters. The van der Waals surface area contributed by atoms with E-state index in [2.05, 4.69) is 13.5 Å². The highest BCUT2D eigenvalue weighted by Gasteiger charge is 2.63. The van der Waals surface area contributed by atoms with E-state index in [4.69, 9.17) is 9.47 Å². The molecule has 5 nitrogen and oxygen atoms in total. The zero-order chi connectivity index (χ0) is 18.6. The summed E-state index contributed by atoms with van der Waals surface area (Å²) >= 11 is 0. The third-order valence-electron chi connectivity index (χ3n) is 6.52.